The highest BCUT2D eigenvalue weighted by Gasteiger charge is 2.00. The normalized spacial score (nSPS) is 11.8. The predicted octanol–water partition coefficient (Wildman–Crippen LogP) is -0.681. The highest BCUT2D eigenvalue weighted by Crippen LogP contribution is 1.91. The van der Waals surface area contributed by atoms with Gasteiger partial charge < -0.3 is 120 Å². The van der Waals surface area contributed by atoms with Gasteiger partial charge >= 0.3 is 0 Å². The Labute approximate surface area is 436 Å². The molecule has 3 N–H and O–H groups in total. The molecule has 0 unspecified atom stereocenters. The number of hydrogen-bond acceptors (Lipinski definition) is 25. The second-order valence-electron chi connectivity index (χ2n) is 14.6. The zero-order chi connectivity index (χ0) is 52.2. The van der Waals surface area contributed by atoms with Gasteiger partial charge in [-0.2, -0.15) is 0 Å². The van der Waals surface area contributed by atoms with Gasteiger partial charge in [-0.15, -0.1) is 0 Å². The van der Waals surface area contributed by atoms with Crippen LogP contribution < -0.4 is 5.73 Å². The molecule has 0 atom stereocenters. The number of hydrogen-bond donors (Lipinski definition) is 2. The Balaban J connectivity index is 3.07. The summed E-state index contributed by atoms with van der Waals surface area (Å²) in [5.74, 6) is 0. The summed E-state index contributed by atoms with van der Waals surface area (Å²) >= 11 is 0. The van der Waals surface area contributed by atoms with E-state index < -0.39 is 0 Å². The molecule has 25 nitrogen and oxygen atoms in total. The minimum atomic E-state index is 0.0184. The van der Waals surface area contributed by atoms with Crippen molar-refractivity contribution in [2.24, 2.45) is 5.73 Å². The molecular formula is C48H99NO24. The Morgan fingerprint density at radius 2 is 0.219 bits per heavy atom. The van der Waals surface area contributed by atoms with Gasteiger partial charge in [-0.3, -0.25) is 0 Å². The summed E-state index contributed by atoms with van der Waals surface area (Å²) in [6.07, 6.45) is 0. The van der Waals surface area contributed by atoms with Crippen molar-refractivity contribution in [3.05, 3.63) is 0 Å². The average Bonchev–Trinajstić information content (AvgIpc) is 3.40. The van der Waals surface area contributed by atoms with E-state index in [0.717, 1.165) is 0 Å². The predicted molar refractivity (Wildman–Crippen MR) is 265 cm³/mol. The molecule has 0 rings (SSSR count). The molecule has 0 saturated heterocycles. The third kappa shape index (κ3) is 71.0. The molecule has 0 aromatic carbocycles. The molecule has 0 radical (unpaired) electrons. The zero-order valence-electron chi connectivity index (χ0n) is 44.4. The summed E-state index contributed by atoms with van der Waals surface area (Å²) in [7, 11) is 0. The smallest absolute Gasteiger partial charge is 0.0701 e. The fraction of sp³-hybridized carbons (Fsp3) is 1.00. The topological polar surface area (TPSA) is 259 Å². The highest BCUT2D eigenvalue weighted by atomic mass is 16.6. The maximum absolute atomic E-state index is 8.61. The molecular weight excluding hydrogens is 975 g/mol. The Bertz CT molecular complexity index is 877. The maximum atomic E-state index is 8.61. The summed E-state index contributed by atoms with van der Waals surface area (Å²) in [6, 6.07) is 0. The lowest BCUT2D eigenvalue weighted by molar-refractivity contribution is -0.0319. The lowest BCUT2D eigenvalue weighted by atomic mass is 10.6. The van der Waals surface area contributed by atoms with E-state index in [-0.39, 0.29) is 6.61 Å². The summed E-state index contributed by atoms with van der Waals surface area (Å²) in [6.45, 7) is 23.2. The van der Waals surface area contributed by atoms with Crippen LogP contribution in [0.3, 0.4) is 0 Å². The van der Waals surface area contributed by atoms with Crippen LogP contribution in [0.2, 0.25) is 0 Å². The van der Waals surface area contributed by atoms with Gasteiger partial charge in [0, 0.05) is 6.54 Å². The maximum Gasteiger partial charge on any atom is 0.0701 e. The van der Waals surface area contributed by atoms with E-state index in [0.29, 0.717) is 310 Å². The van der Waals surface area contributed by atoms with E-state index in [1.165, 1.54) is 0 Å². The van der Waals surface area contributed by atoms with Crippen LogP contribution in [0.25, 0.3) is 0 Å². The molecule has 440 valence electrons. The largest absolute Gasteiger partial charge is 0.394 e. The van der Waals surface area contributed by atoms with Crippen molar-refractivity contribution in [2.45, 2.75) is 0 Å². The Kier molecular flexibility index (Phi) is 70.0. The number of aliphatic hydroxyl groups is 1. The van der Waals surface area contributed by atoms with Gasteiger partial charge in [0.2, 0.25) is 0 Å². The Hall–Kier alpha value is -1.00. The van der Waals surface area contributed by atoms with Crippen molar-refractivity contribution in [2.75, 3.05) is 317 Å². The first-order valence-electron chi connectivity index (χ1n) is 26.0. The first kappa shape index (κ1) is 72.0. The van der Waals surface area contributed by atoms with E-state index in [2.05, 4.69) is 0 Å². The van der Waals surface area contributed by atoms with Crippen LogP contribution in [0.4, 0.5) is 0 Å². The van der Waals surface area contributed by atoms with Crippen LogP contribution in [0.1, 0.15) is 0 Å². The van der Waals surface area contributed by atoms with Gasteiger partial charge in [0.1, 0.15) is 0 Å². The van der Waals surface area contributed by atoms with Crippen molar-refractivity contribution < 1.29 is 114 Å². The second kappa shape index (κ2) is 71.0. The van der Waals surface area contributed by atoms with Crippen molar-refractivity contribution in [3.63, 3.8) is 0 Å². The Morgan fingerprint density at radius 3 is 0.301 bits per heavy atom. The zero-order valence-corrected chi connectivity index (χ0v) is 44.4. The van der Waals surface area contributed by atoms with Gasteiger partial charge in [-0.25, -0.2) is 0 Å². The van der Waals surface area contributed by atoms with Crippen molar-refractivity contribution in [1.29, 1.82) is 0 Å². The fourth-order valence-corrected chi connectivity index (χ4v) is 5.09. The number of aliphatic hydroxyl groups excluding tert-OH is 1. The summed E-state index contributed by atoms with van der Waals surface area (Å²) in [4.78, 5) is 0. The van der Waals surface area contributed by atoms with Crippen molar-refractivity contribution in [1.82, 2.24) is 0 Å². The molecule has 0 spiro atoms. The van der Waals surface area contributed by atoms with Crippen LogP contribution in [0, 0.1) is 0 Å². The molecule has 0 aromatic heterocycles. The molecule has 0 amide bonds. The Morgan fingerprint density at radius 1 is 0.137 bits per heavy atom. The SMILES string of the molecule is NCCOCCOCCOCCOCCOCCOCCOCCOCCOCCOCCOCCOCCOCCOCCOCCOCCOCCOCCOCCOCCOCCOCCOCCO. The third-order valence-electron chi connectivity index (χ3n) is 8.68. The third-order valence-corrected chi connectivity index (χ3v) is 8.68. The van der Waals surface area contributed by atoms with Gasteiger partial charge in [0.15, 0.2) is 0 Å². The monoisotopic (exact) mass is 1070 g/mol. The van der Waals surface area contributed by atoms with Gasteiger partial charge in [0.25, 0.3) is 0 Å². The summed E-state index contributed by atoms with van der Waals surface area (Å²) in [5.41, 5.74) is 5.34. The number of nitrogens with two attached hydrogens (primary N) is 1. The number of rotatable bonds is 70. The molecule has 0 aliphatic rings. The van der Waals surface area contributed by atoms with E-state index in [9.17, 15) is 0 Å². The van der Waals surface area contributed by atoms with Gasteiger partial charge in [-0.05, 0) is 0 Å². The molecule has 0 aromatic rings. The van der Waals surface area contributed by atoms with Crippen molar-refractivity contribution >= 4 is 0 Å². The second-order valence-corrected chi connectivity index (χ2v) is 14.6. The van der Waals surface area contributed by atoms with Gasteiger partial charge in [0.05, 0.1) is 311 Å². The number of ether oxygens (including phenoxy) is 23. The molecule has 73 heavy (non-hydrogen) atoms. The molecule has 25 heteroatoms. The minimum absolute atomic E-state index is 0.0184. The quantitative estimate of drug-likeness (QED) is 0.0716. The fourth-order valence-electron chi connectivity index (χ4n) is 5.09. The first-order chi connectivity index (χ1) is 36.4. The van der Waals surface area contributed by atoms with Crippen LogP contribution in [-0.2, 0) is 109 Å². The first-order valence-corrected chi connectivity index (χ1v) is 26.0. The van der Waals surface area contributed by atoms with Crippen LogP contribution in [0.15, 0.2) is 0 Å². The minimum Gasteiger partial charge on any atom is -0.394 e. The van der Waals surface area contributed by atoms with Crippen LogP contribution >= 0.6 is 0 Å². The molecule has 0 bridgehead atoms. The lowest BCUT2D eigenvalue weighted by Crippen LogP contribution is -2.16. The lowest BCUT2D eigenvalue weighted by Gasteiger charge is -2.09. The average molecular weight is 1070 g/mol. The standard InChI is InChI=1S/C48H99NO24/c49-1-3-51-5-7-53-9-11-55-13-15-57-17-19-59-21-23-61-25-27-63-29-31-65-33-35-67-37-39-69-41-43-71-45-47-73-48-46-72-44-42-70-40-38-68-36-34-66-32-30-64-28-26-62-24-22-60-20-18-58-16-14-56-12-10-54-8-6-52-4-2-50/h50H,1-49H2. The molecule has 0 fully saturated rings. The molecule has 0 aliphatic carbocycles. The van der Waals surface area contributed by atoms with Crippen molar-refractivity contribution in [3.8, 4) is 0 Å². The molecule has 0 saturated carbocycles. The van der Waals surface area contributed by atoms with Gasteiger partial charge in [-0.1, -0.05) is 0 Å². The van der Waals surface area contributed by atoms with E-state index in [1.54, 1.807) is 0 Å². The summed E-state index contributed by atoms with van der Waals surface area (Å²) in [5, 5.41) is 8.61. The molecule has 0 heterocycles. The highest BCUT2D eigenvalue weighted by molar-refractivity contribution is 4.43. The van der Waals surface area contributed by atoms with E-state index >= 15 is 0 Å². The van der Waals surface area contributed by atoms with E-state index in [4.69, 9.17) is 120 Å². The van der Waals surface area contributed by atoms with Crippen LogP contribution in [0.5, 0.6) is 0 Å². The molecule has 0 aliphatic heterocycles. The van der Waals surface area contributed by atoms with E-state index in [1.807, 2.05) is 0 Å². The van der Waals surface area contributed by atoms with Crippen LogP contribution in [-0.4, -0.2) is 322 Å². The summed E-state index contributed by atoms with van der Waals surface area (Å²) < 4.78 is 125.